The van der Waals surface area contributed by atoms with Crippen molar-refractivity contribution in [3.8, 4) is 0 Å². The molecule has 8 heteroatoms. The summed E-state index contributed by atoms with van der Waals surface area (Å²) in [6.45, 7) is 1.37. The Labute approximate surface area is 128 Å². The van der Waals surface area contributed by atoms with Crippen LogP contribution in [0.1, 0.15) is 28.0 Å². The van der Waals surface area contributed by atoms with Gasteiger partial charge in [-0.2, -0.15) is 8.75 Å². The zero-order chi connectivity index (χ0) is 15.0. The van der Waals surface area contributed by atoms with E-state index >= 15 is 0 Å². The van der Waals surface area contributed by atoms with Crippen LogP contribution in [0.4, 0.5) is 5.69 Å². The number of anilines is 1. The molecule has 1 N–H and O–H groups in total. The Bertz CT molecular complexity index is 855. The lowest BCUT2D eigenvalue weighted by Crippen LogP contribution is -2.11. The largest absolute Gasteiger partial charge is 0.448 e. The highest BCUT2D eigenvalue weighted by Crippen LogP contribution is 2.28. The zero-order valence-electron chi connectivity index (χ0n) is 10.7. The number of halogens is 1. The van der Waals surface area contributed by atoms with Gasteiger partial charge in [0.15, 0.2) is 17.3 Å². The molecule has 106 valence electrons. The molecular weight excluding hydrogens is 314 g/mol. The maximum atomic E-state index is 12.1. The molecule has 21 heavy (non-hydrogen) atoms. The molecule has 0 unspecified atom stereocenters. The van der Waals surface area contributed by atoms with Crippen molar-refractivity contribution in [3.63, 3.8) is 0 Å². The van der Waals surface area contributed by atoms with Gasteiger partial charge in [-0.05, 0) is 24.3 Å². The number of nitrogens with one attached hydrogen (secondary N) is 1. The average molecular weight is 322 g/mol. The summed E-state index contributed by atoms with van der Waals surface area (Å²) in [5.74, 6) is -0.533. The van der Waals surface area contributed by atoms with E-state index in [2.05, 4.69) is 14.1 Å². The van der Waals surface area contributed by atoms with Gasteiger partial charge in [0.2, 0.25) is 0 Å². The topological polar surface area (TPSA) is 85.1 Å². The van der Waals surface area contributed by atoms with Gasteiger partial charge in [-0.3, -0.25) is 9.59 Å². The van der Waals surface area contributed by atoms with Gasteiger partial charge in [0, 0.05) is 6.92 Å². The summed E-state index contributed by atoms with van der Waals surface area (Å²) in [5.41, 5.74) is 1.52. The molecule has 0 fully saturated rings. The fourth-order valence-corrected chi connectivity index (χ4v) is 2.59. The first-order chi connectivity index (χ1) is 10.1. The average Bonchev–Trinajstić information content (AvgIpc) is 3.09. The minimum Gasteiger partial charge on any atom is -0.448 e. The number of fused-ring (bicyclic) bond motifs is 1. The first-order valence-electron chi connectivity index (χ1n) is 5.89. The van der Waals surface area contributed by atoms with E-state index in [9.17, 15) is 9.59 Å². The van der Waals surface area contributed by atoms with E-state index in [1.807, 2.05) is 0 Å². The van der Waals surface area contributed by atoms with Crippen LogP contribution in [0.3, 0.4) is 0 Å². The number of nitrogens with zero attached hydrogens (tertiary/aromatic N) is 2. The maximum Gasteiger partial charge on any atom is 0.291 e. The van der Waals surface area contributed by atoms with Gasteiger partial charge < -0.3 is 9.73 Å². The molecular formula is C13H8ClN3O3S. The predicted molar refractivity (Wildman–Crippen MR) is 79.1 cm³/mol. The summed E-state index contributed by atoms with van der Waals surface area (Å²) >= 11 is 7.01. The summed E-state index contributed by atoms with van der Waals surface area (Å²) in [6.07, 6.45) is 0. The van der Waals surface area contributed by atoms with Crippen molar-refractivity contribution >= 4 is 51.7 Å². The van der Waals surface area contributed by atoms with E-state index in [4.69, 9.17) is 16.0 Å². The molecule has 1 amide bonds. The number of rotatable bonds is 3. The summed E-state index contributed by atoms with van der Waals surface area (Å²) in [4.78, 5) is 23.3. The maximum absolute atomic E-state index is 12.1. The lowest BCUT2D eigenvalue weighted by Gasteiger charge is -2.04. The minimum absolute atomic E-state index is 0.0477. The molecule has 0 aliphatic rings. The van der Waals surface area contributed by atoms with E-state index < -0.39 is 5.91 Å². The quantitative estimate of drug-likeness (QED) is 0.747. The van der Waals surface area contributed by atoms with Crippen LogP contribution in [0.25, 0.3) is 11.0 Å². The van der Waals surface area contributed by atoms with Crippen molar-refractivity contribution in [2.75, 3.05) is 5.32 Å². The number of amides is 1. The third kappa shape index (κ3) is 2.53. The number of ketones is 1. The van der Waals surface area contributed by atoms with Crippen LogP contribution in [0.5, 0.6) is 0 Å². The molecule has 6 nitrogen and oxygen atoms in total. The second-order valence-electron chi connectivity index (χ2n) is 4.23. The molecule has 3 aromatic rings. The van der Waals surface area contributed by atoms with Crippen molar-refractivity contribution in [2.24, 2.45) is 0 Å². The third-order valence-electron chi connectivity index (χ3n) is 2.79. The van der Waals surface area contributed by atoms with Crippen LogP contribution in [-0.4, -0.2) is 20.4 Å². The fraction of sp³-hybridized carbons (Fsp3) is 0.0769. The Balaban J connectivity index is 1.91. The molecule has 0 aliphatic heterocycles. The standard InChI is InChI=1S/C13H8ClN3O3S/c1-6(18)9-4-5-10(20-9)13(19)15-8-3-2-7(14)11-12(8)17-21-16-11/h2-5H,1H3,(H,15,19). The van der Waals surface area contributed by atoms with Gasteiger partial charge in [-0.25, -0.2) is 0 Å². The summed E-state index contributed by atoms with van der Waals surface area (Å²) in [5, 5.41) is 3.13. The Kier molecular flexibility index (Phi) is 3.44. The SMILES string of the molecule is CC(=O)c1ccc(C(=O)Nc2ccc(Cl)c3nsnc23)o1. The van der Waals surface area contributed by atoms with Crippen molar-refractivity contribution in [1.82, 2.24) is 8.75 Å². The molecule has 0 spiro atoms. The smallest absolute Gasteiger partial charge is 0.291 e. The van der Waals surface area contributed by atoms with E-state index in [-0.39, 0.29) is 17.3 Å². The van der Waals surface area contributed by atoms with Gasteiger partial charge >= 0.3 is 0 Å². The van der Waals surface area contributed by atoms with Gasteiger partial charge in [0.25, 0.3) is 5.91 Å². The zero-order valence-corrected chi connectivity index (χ0v) is 12.3. The Morgan fingerprint density at radius 3 is 2.57 bits per heavy atom. The van der Waals surface area contributed by atoms with Crippen molar-refractivity contribution in [2.45, 2.75) is 6.92 Å². The highest BCUT2D eigenvalue weighted by atomic mass is 35.5. The Hall–Kier alpha value is -2.25. The van der Waals surface area contributed by atoms with Gasteiger partial charge in [0.05, 0.1) is 22.4 Å². The second-order valence-corrected chi connectivity index (χ2v) is 5.17. The van der Waals surface area contributed by atoms with Crippen LogP contribution >= 0.6 is 23.3 Å². The van der Waals surface area contributed by atoms with E-state index in [1.54, 1.807) is 12.1 Å². The van der Waals surface area contributed by atoms with E-state index in [0.717, 1.165) is 11.7 Å². The highest BCUT2D eigenvalue weighted by molar-refractivity contribution is 7.00. The first kappa shape index (κ1) is 13.7. The van der Waals surface area contributed by atoms with Crippen LogP contribution in [0.15, 0.2) is 28.7 Å². The lowest BCUT2D eigenvalue weighted by atomic mass is 10.2. The monoisotopic (exact) mass is 321 g/mol. The number of benzene rings is 1. The first-order valence-corrected chi connectivity index (χ1v) is 7.00. The van der Waals surface area contributed by atoms with Gasteiger partial charge in [-0.1, -0.05) is 11.6 Å². The Morgan fingerprint density at radius 2 is 1.86 bits per heavy atom. The molecule has 0 radical (unpaired) electrons. The molecule has 1 aromatic carbocycles. The number of hydrogen-bond acceptors (Lipinski definition) is 6. The molecule has 0 atom stereocenters. The highest BCUT2D eigenvalue weighted by Gasteiger charge is 2.16. The normalized spacial score (nSPS) is 10.8. The molecule has 2 heterocycles. The van der Waals surface area contributed by atoms with Crippen LogP contribution < -0.4 is 5.32 Å². The number of aromatic nitrogens is 2. The van der Waals surface area contributed by atoms with Crippen molar-refractivity contribution in [1.29, 1.82) is 0 Å². The van der Waals surface area contributed by atoms with Gasteiger partial charge in [-0.15, -0.1) is 0 Å². The number of Topliss-reactive ketones (excluding diaryl/α,β-unsaturated/α-hetero) is 1. The molecule has 0 saturated heterocycles. The van der Waals surface area contributed by atoms with E-state index in [1.165, 1.54) is 19.1 Å². The summed E-state index contributed by atoms with van der Waals surface area (Å²) in [7, 11) is 0. The fourth-order valence-electron chi connectivity index (χ4n) is 1.77. The van der Waals surface area contributed by atoms with E-state index in [0.29, 0.717) is 21.7 Å². The number of furan rings is 1. The second kappa shape index (κ2) is 5.27. The summed E-state index contributed by atoms with van der Waals surface area (Å²) in [6, 6.07) is 6.17. The predicted octanol–water partition coefficient (Wildman–Crippen LogP) is 3.39. The lowest BCUT2D eigenvalue weighted by molar-refractivity contribution is 0.0969. The van der Waals surface area contributed by atoms with Crippen molar-refractivity contribution < 1.29 is 14.0 Å². The molecule has 3 rings (SSSR count). The molecule has 0 bridgehead atoms. The molecule has 0 saturated carbocycles. The van der Waals surface area contributed by atoms with Crippen LogP contribution in [0, 0.1) is 0 Å². The van der Waals surface area contributed by atoms with Crippen LogP contribution in [0.2, 0.25) is 5.02 Å². The van der Waals surface area contributed by atoms with Gasteiger partial charge in [0.1, 0.15) is 11.0 Å². The van der Waals surface area contributed by atoms with Crippen LogP contribution in [-0.2, 0) is 0 Å². The number of carbonyl (C=O) groups excluding carboxylic acids is 2. The third-order valence-corrected chi connectivity index (χ3v) is 3.62. The number of carbonyl (C=O) groups is 2. The summed E-state index contributed by atoms with van der Waals surface area (Å²) < 4.78 is 13.3. The molecule has 0 aliphatic carbocycles. The Morgan fingerprint density at radius 1 is 1.14 bits per heavy atom. The minimum atomic E-state index is -0.473. The van der Waals surface area contributed by atoms with Crippen molar-refractivity contribution in [3.05, 3.63) is 40.8 Å². The molecule has 2 aromatic heterocycles. The number of hydrogen-bond donors (Lipinski definition) is 1.